The lowest BCUT2D eigenvalue weighted by Crippen LogP contribution is -2.37. The zero-order chi connectivity index (χ0) is 16.8. The van der Waals surface area contributed by atoms with Gasteiger partial charge in [-0.25, -0.2) is 4.98 Å². The molecule has 0 fully saturated rings. The summed E-state index contributed by atoms with van der Waals surface area (Å²) in [7, 11) is 0. The van der Waals surface area contributed by atoms with E-state index in [1.165, 1.54) is 17.9 Å². The number of fused-ring (bicyclic) bond motifs is 1. The number of rotatable bonds is 7. The first-order chi connectivity index (χ1) is 11.8. The summed E-state index contributed by atoms with van der Waals surface area (Å²) in [5, 5.41) is 0. The summed E-state index contributed by atoms with van der Waals surface area (Å²) in [4.78, 5) is 9.72. The second-order valence-corrected chi connectivity index (χ2v) is 6.82. The van der Waals surface area contributed by atoms with Gasteiger partial charge >= 0.3 is 0 Å². The van der Waals surface area contributed by atoms with Gasteiger partial charge in [-0.15, -0.1) is 0 Å². The summed E-state index contributed by atoms with van der Waals surface area (Å²) >= 11 is 0. The van der Waals surface area contributed by atoms with Crippen LogP contribution in [0.3, 0.4) is 0 Å². The molecular formula is C20H30N4. The summed E-state index contributed by atoms with van der Waals surface area (Å²) in [6.07, 6.45) is 5.20. The Balaban J connectivity index is 1.66. The number of hydrogen-bond donors (Lipinski definition) is 0. The molecule has 24 heavy (non-hydrogen) atoms. The molecule has 0 radical (unpaired) electrons. The molecule has 1 aromatic carbocycles. The second kappa shape index (κ2) is 8.45. The van der Waals surface area contributed by atoms with Crippen molar-refractivity contribution in [2.45, 2.75) is 33.4 Å². The van der Waals surface area contributed by atoms with Crippen molar-refractivity contribution in [2.24, 2.45) is 5.92 Å². The lowest BCUT2D eigenvalue weighted by molar-refractivity contribution is 0.180. The first-order valence-corrected chi connectivity index (χ1v) is 9.27. The van der Waals surface area contributed by atoms with Crippen LogP contribution in [0.25, 0.3) is 0 Å². The van der Waals surface area contributed by atoms with Crippen molar-refractivity contribution < 1.29 is 0 Å². The van der Waals surface area contributed by atoms with E-state index in [9.17, 15) is 0 Å². The van der Waals surface area contributed by atoms with Crippen LogP contribution in [0, 0.1) is 5.92 Å². The summed E-state index contributed by atoms with van der Waals surface area (Å²) in [6, 6.07) is 10.8. The highest BCUT2D eigenvalue weighted by Gasteiger charge is 2.23. The van der Waals surface area contributed by atoms with E-state index >= 15 is 0 Å². The molecule has 0 unspecified atom stereocenters. The van der Waals surface area contributed by atoms with E-state index in [0.29, 0.717) is 5.92 Å². The predicted octanol–water partition coefficient (Wildman–Crippen LogP) is 2.90. The van der Waals surface area contributed by atoms with Gasteiger partial charge < -0.3 is 9.47 Å². The van der Waals surface area contributed by atoms with Crippen molar-refractivity contribution >= 4 is 0 Å². The Morgan fingerprint density at radius 2 is 1.92 bits per heavy atom. The highest BCUT2D eigenvalue weighted by molar-refractivity contribution is 5.15. The topological polar surface area (TPSA) is 24.3 Å². The van der Waals surface area contributed by atoms with Crippen LogP contribution in [0.4, 0.5) is 0 Å². The van der Waals surface area contributed by atoms with Crippen LogP contribution >= 0.6 is 0 Å². The molecule has 0 spiro atoms. The minimum Gasteiger partial charge on any atom is -0.333 e. The van der Waals surface area contributed by atoms with Crippen molar-refractivity contribution in [1.29, 1.82) is 0 Å². The normalized spacial score (nSPS) is 18.5. The van der Waals surface area contributed by atoms with Gasteiger partial charge in [-0.3, -0.25) is 4.90 Å². The van der Waals surface area contributed by atoms with E-state index in [-0.39, 0.29) is 0 Å². The fourth-order valence-corrected chi connectivity index (χ4v) is 3.69. The quantitative estimate of drug-likeness (QED) is 0.782. The third kappa shape index (κ3) is 4.46. The molecule has 0 amide bonds. The maximum atomic E-state index is 4.58. The highest BCUT2D eigenvalue weighted by Crippen LogP contribution is 2.17. The smallest absolute Gasteiger partial charge is 0.122 e. The molecule has 0 bridgehead atoms. The Bertz CT molecular complexity index is 603. The van der Waals surface area contributed by atoms with Gasteiger partial charge in [-0.2, -0.15) is 0 Å². The zero-order valence-corrected chi connectivity index (χ0v) is 15.1. The van der Waals surface area contributed by atoms with Crippen LogP contribution in [-0.2, 0) is 19.5 Å². The minimum atomic E-state index is 0.663. The molecule has 2 heterocycles. The summed E-state index contributed by atoms with van der Waals surface area (Å²) in [6.45, 7) is 12.3. The Morgan fingerprint density at radius 1 is 1.12 bits per heavy atom. The van der Waals surface area contributed by atoms with Gasteiger partial charge in [0.25, 0.3) is 0 Å². The Hall–Kier alpha value is -1.65. The van der Waals surface area contributed by atoms with E-state index in [2.05, 4.69) is 69.7 Å². The first kappa shape index (κ1) is 17.2. The van der Waals surface area contributed by atoms with Gasteiger partial charge in [0.1, 0.15) is 5.82 Å². The molecule has 0 saturated carbocycles. The lowest BCUT2D eigenvalue weighted by atomic mass is 10.1. The molecule has 130 valence electrons. The van der Waals surface area contributed by atoms with Crippen LogP contribution in [-0.4, -0.2) is 52.1 Å². The third-order valence-corrected chi connectivity index (χ3v) is 5.11. The van der Waals surface area contributed by atoms with Crippen molar-refractivity contribution in [3.05, 3.63) is 54.1 Å². The summed E-state index contributed by atoms with van der Waals surface area (Å²) < 4.78 is 2.36. The lowest BCUT2D eigenvalue weighted by Gasteiger charge is -2.28. The van der Waals surface area contributed by atoms with Crippen molar-refractivity contribution in [1.82, 2.24) is 19.4 Å². The van der Waals surface area contributed by atoms with E-state index in [1.807, 2.05) is 6.20 Å². The largest absolute Gasteiger partial charge is 0.333 e. The monoisotopic (exact) mass is 326 g/mol. The van der Waals surface area contributed by atoms with Gasteiger partial charge in [0.2, 0.25) is 0 Å². The molecule has 0 saturated heterocycles. The van der Waals surface area contributed by atoms with Crippen LogP contribution in [0.2, 0.25) is 0 Å². The first-order valence-electron chi connectivity index (χ1n) is 9.27. The van der Waals surface area contributed by atoms with Crippen LogP contribution in [0.15, 0.2) is 42.7 Å². The van der Waals surface area contributed by atoms with Crippen molar-refractivity contribution in [2.75, 3.05) is 32.7 Å². The van der Waals surface area contributed by atoms with E-state index < -0.39 is 0 Å². The molecule has 0 N–H and O–H groups in total. The maximum Gasteiger partial charge on any atom is 0.122 e. The van der Waals surface area contributed by atoms with Crippen molar-refractivity contribution in [3.63, 3.8) is 0 Å². The van der Waals surface area contributed by atoms with E-state index in [1.54, 1.807) is 0 Å². The van der Waals surface area contributed by atoms with Crippen LogP contribution in [0.1, 0.15) is 25.2 Å². The number of imidazole rings is 1. The predicted molar refractivity (Wildman–Crippen MR) is 98.9 cm³/mol. The molecule has 2 aromatic rings. The average molecular weight is 326 g/mol. The molecule has 1 aliphatic rings. The molecule has 4 heteroatoms. The van der Waals surface area contributed by atoms with E-state index in [0.717, 1.165) is 45.7 Å². The number of hydrogen-bond acceptors (Lipinski definition) is 3. The third-order valence-electron chi connectivity index (χ3n) is 5.11. The van der Waals surface area contributed by atoms with Crippen LogP contribution in [0.5, 0.6) is 0 Å². The Kier molecular flexibility index (Phi) is 6.05. The molecule has 1 aliphatic heterocycles. The average Bonchev–Trinajstić information content (AvgIpc) is 2.97. The van der Waals surface area contributed by atoms with Crippen molar-refractivity contribution in [3.8, 4) is 0 Å². The van der Waals surface area contributed by atoms with E-state index in [4.69, 9.17) is 0 Å². The minimum absolute atomic E-state index is 0.663. The Labute approximate surface area is 146 Å². The number of benzene rings is 1. The summed E-state index contributed by atoms with van der Waals surface area (Å²) in [5.74, 6) is 1.88. The highest BCUT2D eigenvalue weighted by atomic mass is 15.2. The zero-order valence-electron chi connectivity index (χ0n) is 15.1. The van der Waals surface area contributed by atoms with Gasteiger partial charge in [0, 0.05) is 44.5 Å². The number of aromatic nitrogens is 2. The van der Waals surface area contributed by atoms with Gasteiger partial charge in [0.15, 0.2) is 0 Å². The standard InChI is InChI=1S/C20H30N4/c1-3-22(4-2)14-19-15-23(12-10-18-8-6-5-7-9-18)17-20-21-11-13-24(20)16-19/h5-9,11,13,19H,3-4,10,12,14-17H2,1-2H3/t19-/m1/s1. The van der Waals surface area contributed by atoms with Gasteiger partial charge in [-0.1, -0.05) is 44.2 Å². The molecule has 1 atom stereocenters. The van der Waals surface area contributed by atoms with Crippen LogP contribution < -0.4 is 0 Å². The fraction of sp³-hybridized carbons (Fsp3) is 0.550. The summed E-state index contributed by atoms with van der Waals surface area (Å²) in [5.41, 5.74) is 1.42. The molecular weight excluding hydrogens is 296 g/mol. The SMILES string of the molecule is CCN(CC)C[C@@H]1CN(CCc2ccccc2)Cc2nccn2C1. The molecule has 3 rings (SSSR count). The maximum absolute atomic E-state index is 4.58. The molecule has 1 aromatic heterocycles. The van der Waals surface area contributed by atoms with Gasteiger partial charge in [0.05, 0.1) is 6.54 Å². The molecule has 4 nitrogen and oxygen atoms in total. The Morgan fingerprint density at radius 3 is 2.67 bits per heavy atom. The second-order valence-electron chi connectivity index (χ2n) is 6.82. The van der Waals surface area contributed by atoms with Gasteiger partial charge in [-0.05, 0) is 25.1 Å². The number of nitrogens with zero attached hydrogens (tertiary/aromatic N) is 4. The fourth-order valence-electron chi connectivity index (χ4n) is 3.69. The molecule has 0 aliphatic carbocycles.